The van der Waals surface area contributed by atoms with Gasteiger partial charge in [-0.15, -0.1) is 0 Å². The fourth-order valence-corrected chi connectivity index (χ4v) is 2.71. The second-order valence-electron chi connectivity index (χ2n) is 5.53. The first kappa shape index (κ1) is 15.3. The van der Waals surface area contributed by atoms with Crippen molar-refractivity contribution in [2.24, 2.45) is 0 Å². The summed E-state index contributed by atoms with van der Waals surface area (Å²) in [6.07, 6.45) is 0. The van der Waals surface area contributed by atoms with Gasteiger partial charge in [-0.25, -0.2) is 13.8 Å². The fraction of sp³-hybridized carbons (Fsp3) is 0. The average Bonchev–Trinajstić information content (AvgIpc) is 3.08. The van der Waals surface area contributed by atoms with Crippen molar-refractivity contribution in [3.63, 3.8) is 0 Å². The highest BCUT2D eigenvalue weighted by atomic mass is 19.1. The van der Waals surface area contributed by atoms with Crippen molar-refractivity contribution in [3.05, 3.63) is 90.5 Å². The minimum absolute atomic E-state index is 0.0756. The van der Waals surface area contributed by atoms with E-state index in [1.165, 1.54) is 18.2 Å². The van der Waals surface area contributed by atoms with Gasteiger partial charge >= 0.3 is 0 Å². The van der Waals surface area contributed by atoms with Crippen LogP contribution in [-0.2, 0) is 0 Å². The van der Waals surface area contributed by atoms with Crippen LogP contribution in [0, 0.1) is 11.6 Å². The van der Waals surface area contributed by atoms with Gasteiger partial charge in [0, 0.05) is 11.1 Å². The van der Waals surface area contributed by atoms with Crippen LogP contribution in [0.15, 0.2) is 83.3 Å². The lowest BCUT2D eigenvalue weighted by Gasteiger charge is -2.01. The summed E-state index contributed by atoms with van der Waals surface area (Å²) in [6, 6.07) is 22.5. The summed E-state index contributed by atoms with van der Waals surface area (Å²) < 4.78 is 34.1. The van der Waals surface area contributed by atoms with E-state index in [1.807, 2.05) is 60.7 Å². The molecule has 4 aromatic rings. The zero-order valence-corrected chi connectivity index (χ0v) is 13.1. The van der Waals surface area contributed by atoms with Gasteiger partial charge in [0.15, 0.2) is 5.76 Å². The molecular weight excluding hydrogens is 320 g/mol. The van der Waals surface area contributed by atoms with Crippen LogP contribution in [0.4, 0.5) is 8.78 Å². The monoisotopic (exact) mass is 333 g/mol. The Labute approximate surface area is 143 Å². The summed E-state index contributed by atoms with van der Waals surface area (Å²) in [5, 5.41) is 0. The molecular formula is C21H13F2NO. The summed E-state index contributed by atoms with van der Waals surface area (Å²) >= 11 is 0. The molecule has 0 spiro atoms. The van der Waals surface area contributed by atoms with E-state index in [1.54, 1.807) is 0 Å². The lowest BCUT2D eigenvalue weighted by atomic mass is 10.1. The van der Waals surface area contributed by atoms with Gasteiger partial charge in [0.05, 0.1) is 0 Å². The third-order valence-electron chi connectivity index (χ3n) is 3.89. The SMILES string of the molecule is Fc1cccc(F)c1-c1nc(-c2ccccc2)c(-c2ccccc2)o1. The van der Waals surface area contributed by atoms with Crippen molar-refractivity contribution in [1.82, 2.24) is 4.98 Å². The van der Waals surface area contributed by atoms with Crippen molar-refractivity contribution in [2.45, 2.75) is 0 Å². The zero-order chi connectivity index (χ0) is 17.2. The van der Waals surface area contributed by atoms with E-state index in [-0.39, 0.29) is 11.5 Å². The highest BCUT2D eigenvalue weighted by molar-refractivity contribution is 5.79. The van der Waals surface area contributed by atoms with Crippen LogP contribution in [0.5, 0.6) is 0 Å². The molecule has 0 aliphatic heterocycles. The van der Waals surface area contributed by atoms with Crippen LogP contribution in [-0.4, -0.2) is 4.98 Å². The first-order chi connectivity index (χ1) is 12.2. The summed E-state index contributed by atoms with van der Waals surface area (Å²) in [6.45, 7) is 0. The van der Waals surface area contributed by atoms with E-state index < -0.39 is 11.6 Å². The van der Waals surface area contributed by atoms with Gasteiger partial charge in [-0.2, -0.15) is 0 Å². The number of rotatable bonds is 3. The van der Waals surface area contributed by atoms with Crippen LogP contribution in [0.3, 0.4) is 0 Å². The summed E-state index contributed by atoms with van der Waals surface area (Å²) in [5.41, 5.74) is 1.89. The molecule has 0 fully saturated rings. The van der Waals surface area contributed by atoms with Gasteiger partial charge in [-0.1, -0.05) is 66.7 Å². The molecule has 4 heteroatoms. The number of aromatic nitrogens is 1. The number of halogens is 2. The van der Waals surface area contributed by atoms with Crippen molar-refractivity contribution >= 4 is 0 Å². The van der Waals surface area contributed by atoms with E-state index in [0.29, 0.717) is 11.5 Å². The minimum Gasteiger partial charge on any atom is -0.435 e. The standard InChI is InChI=1S/C21H13F2NO/c22-16-12-7-13-17(23)18(16)21-24-19(14-8-3-1-4-9-14)20(25-21)15-10-5-2-6-11-15/h1-13H. The van der Waals surface area contributed by atoms with Crippen LogP contribution < -0.4 is 0 Å². The molecule has 2 nitrogen and oxygen atoms in total. The fourth-order valence-electron chi connectivity index (χ4n) is 2.71. The van der Waals surface area contributed by atoms with E-state index in [0.717, 1.165) is 11.1 Å². The minimum atomic E-state index is -0.708. The second-order valence-corrected chi connectivity index (χ2v) is 5.53. The van der Waals surface area contributed by atoms with Gasteiger partial charge < -0.3 is 4.42 Å². The molecule has 4 rings (SSSR count). The normalized spacial score (nSPS) is 10.8. The first-order valence-electron chi connectivity index (χ1n) is 7.80. The predicted octanol–water partition coefficient (Wildman–Crippen LogP) is 5.95. The third-order valence-corrected chi connectivity index (χ3v) is 3.89. The molecule has 25 heavy (non-hydrogen) atoms. The predicted molar refractivity (Wildman–Crippen MR) is 92.7 cm³/mol. The summed E-state index contributed by atoms with van der Waals surface area (Å²) in [4.78, 5) is 4.40. The molecule has 0 N–H and O–H groups in total. The number of oxazole rings is 1. The number of benzene rings is 3. The Morgan fingerprint density at radius 3 is 1.80 bits per heavy atom. The van der Waals surface area contributed by atoms with E-state index in [4.69, 9.17) is 4.42 Å². The van der Waals surface area contributed by atoms with Crippen LogP contribution in [0.2, 0.25) is 0 Å². The summed E-state index contributed by atoms with van der Waals surface area (Å²) in [5.74, 6) is -1.02. The Bertz CT molecular complexity index is 934. The van der Waals surface area contributed by atoms with Crippen LogP contribution in [0.1, 0.15) is 0 Å². The van der Waals surface area contributed by atoms with Gasteiger partial charge in [-0.05, 0) is 12.1 Å². The number of nitrogens with zero attached hydrogens (tertiary/aromatic N) is 1. The molecule has 0 saturated heterocycles. The molecule has 0 atom stereocenters. The molecule has 0 unspecified atom stereocenters. The smallest absolute Gasteiger partial charge is 0.233 e. The molecule has 0 aliphatic rings. The zero-order valence-electron chi connectivity index (χ0n) is 13.1. The molecule has 3 aromatic carbocycles. The second kappa shape index (κ2) is 6.32. The van der Waals surface area contributed by atoms with Crippen LogP contribution >= 0.6 is 0 Å². The number of hydrogen-bond donors (Lipinski definition) is 0. The molecule has 1 heterocycles. The molecule has 0 bridgehead atoms. The average molecular weight is 333 g/mol. The van der Waals surface area contributed by atoms with Crippen molar-refractivity contribution < 1.29 is 13.2 Å². The molecule has 0 aliphatic carbocycles. The van der Waals surface area contributed by atoms with E-state index in [2.05, 4.69) is 4.98 Å². The molecule has 0 radical (unpaired) electrons. The maximum atomic E-state index is 14.1. The lowest BCUT2D eigenvalue weighted by molar-refractivity contribution is 0.549. The van der Waals surface area contributed by atoms with Gasteiger partial charge in [0.25, 0.3) is 0 Å². The Balaban J connectivity index is 1.96. The van der Waals surface area contributed by atoms with Gasteiger partial charge in [0.2, 0.25) is 5.89 Å². The van der Waals surface area contributed by atoms with Crippen molar-refractivity contribution in [1.29, 1.82) is 0 Å². The Kier molecular flexibility index (Phi) is 3.86. The summed E-state index contributed by atoms with van der Waals surface area (Å²) in [7, 11) is 0. The van der Waals surface area contributed by atoms with Crippen molar-refractivity contribution in [2.75, 3.05) is 0 Å². The van der Waals surface area contributed by atoms with Crippen LogP contribution in [0.25, 0.3) is 34.0 Å². The molecule has 0 amide bonds. The highest BCUT2D eigenvalue weighted by Gasteiger charge is 2.22. The van der Waals surface area contributed by atoms with E-state index >= 15 is 0 Å². The first-order valence-corrected chi connectivity index (χ1v) is 7.80. The maximum Gasteiger partial charge on any atom is 0.233 e. The number of hydrogen-bond acceptors (Lipinski definition) is 2. The highest BCUT2D eigenvalue weighted by Crippen LogP contribution is 2.37. The Morgan fingerprint density at radius 2 is 1.20 bits per heavy atom. The molecule has 0 saturated carbocycles. The maximum absolute atomic E-state index is 14.1. The van der Waals surface area contributed by atoms with E-state index in [9.17, 15) is 8.78 Å². The molecule has 122 valence electrons. The largest absolute Gasteiger partial charge is 0.435 e. The molecule has 1 aromatic heterocycles. The Hall–Kier alpha value is -3.27. The topological polar surface area (TPSA) is 26.0 Å². The Morgan fingerprint density at radius 1 is 0.640 bits per heavy atom. The quantitative estimate of drug-likeness (QED) is 0.463. The van der Waals surface area contributed by atoms with Gasteiger partial charge in [0.1, 0.15) is 22.9 Å². The van der Waals surface area contributed by atoms with Gasteiger partial charge in [-0.3, -0.25) is 0 Å². The third kappa shape index (κ3) is 2.83. The lowest BCUT2D eigenvalue weighted by Crippen LogP contribution is -1.89. The van der Waals surface area contributed by atoms with Crippen molar-refractivity contribution in [3.8, 4) is 34.0 Å².